The summed E-state index contributed by atoms with van der Waals surface area (Å²) in [5.74, 6) is 0.405. The lowest BCUT2D eigenvalue weighted by Gasteiger charge is -2.38. The Morgan fingerprint density at radius 2 is 1.77 bits per heavy atom. The minimum Gasteiger partial charge on any atom is -0.465 e. The third kappa shape index (κ3) is 5.72. The average Bonchev–Trinajstić information content (AvgIpc) is 3.00. The number of hydrogen-bond acceptors (Lipinski definition) is 4. The lowest BCUT2D eigenvalue weighted by Crippen LogP contribution is -2.50. The molecule has 0 aromatic heterocycles. The lowest BCUT2D eigenvalue weighted by atomic mass is 9.85. The number of fused-ring (bicyclic) bond motifs is 1. The van der Waals surface area contributed by atoms with Crippen LogP contribution in [0.5, 0.6) is 0 Å². The fraction of sp³-hybridized carbons (Fsp3) is 0.467. The number of carbonyl (C=O) groups excluding carboxylic acids is 2. The van der Waals surface area contributed by atoms with E-state index in [0.717, 1.165) is 56.4 Å². The monoisotopic (exact) mass is 477 g/mol. The van der Waals surface area contributed by atoms with E-state index in [9.17, 15) is 14.0 Å². The van der Waals surface area contributed by atoms with Gasteiger partial charge in [-0.25, -0.2) is 4.79 Å². The third-order valence-electron chi connectivity index (χ3n) is 7.12. The van der Waals surface area contributed by atoms with E-state index in [-0.39, 0.29) is 24.3 Å². The minimum absolute atomic E-state index is 0.00604. The molecular formula is C30H36FNO3. The van der Waals surface area contributed by atoms with Crippen LogP contribution >= 0.6 is 0 Å². The summed E-state index contributed by atoms with van der Waals surface area (Å²) < 4.78 is 17.3. The van der Waals surface area contributed by atoms with Gasteiger partial charge in [0, 0.05) is 31.1 Å². The van der Waals surface area contributed by atoms with E-state index in [2.05, 4.69) is 36.9 Å². The van der Waals surface area contributed by atoms with Crippen molar-refractivity contribution in [3.63, 3.8) is 0 Å². The van der Waals surface area contributed by atoms with Gasteiger partial charge in [0.25, 0.3) is 0 Å². The third-order valence-corrected chi connectivity index (χ3v) is 7.12. The van der Waals surface area contributed by atoms with Crippen molar-refractivity contribution in [3.8, 4) is 0 Å². The molecule has 0 amide bonds. The Morgan fingerprint density at radius 1 is 1.06 bits per heavy atom. The molecule has 186 valence electrons. The van der Waals surface area contributed by atoms with Crippen LogP contribution in [0.3, 0.4) is 0 Å². The topological polar surface area (TPSA) is 46.6 Å². The van der Waals surface area contributed by atoms with Crippen molar-refractivity contribution < 1.29 is 18.7 Å². The molecule has 1 aliphatic carbocycles. The Bertz CT molecular complexity index is 1100. The van der Waals surface area contributed by atoms with Crippen molar-refractivity contribution in [2.45, 2.75) is 46.0 Å². The van der Waals surface area contributed by atoms with Crippen molar-refractivity contribution >= 4 is 17.3 Å². The Hall–Kier alpha value is -2.79. The highest BCUT2D eigenvalue weighted by Crippen LogP contribution is 2.38. The highest BCUT2D eigenvalue weighted by molar-refractivity contribution is 5.99. The molecule has 2 aromatic carbocycles. The van der Waals surface area contributed by atoms with Gasteiger partial charge < -0.3 is 9.64 Å². The minimum atomic E-state index is -0.313. The summed E-state index contributed by atoms with van der Waals surface area (Å²) >= 11 is 0. The van der Waals surface area contributed by atoms with E-state index in [1.165, 1.54) is 29.4 Å². The fourth-order valence-corrected chi connectivity index (χ4v) is 5.39. The van der Waals surface area contributed by atoms with Crippen LogP contribution in [-0.2, 0) is 11.2 Å². The Morgan fingerprint density at radius 3 is 2.43 bits per heavy atom. The van der Waals surface area contributed by atoms with Crippen molar-refractivity contribution in [1.82, 2.24) is 4.90 Å². The molecule has 1 saturated heterocycles. The first-order valence-corrected chi connectivity index (χ1v) is 12.8. The molecule has 2 aromatic rings. The maximum Gasteiger partial charge on any atom is 0.337 e. The zero-order valence-corrected chi connectivity index (χ0v) is 21.1. The molecule has 0 bridgehead atoms. The van der Waals surface area contributed by atoms with Crippen LogP contribution in [0.25, 0.3) is 5.57 Å². The van der Waals surface area contributed by atoms with Crippen LogP contribution in [0.4, 0.5) is 4.39 Å². The molecule has 35 heavy (non-hydrogen) atoms. The summed E-state index contributed by atoms with van der Waals surface area (Å²) in [5, 5.41) is 0. The second-order valence-corrected chi connectivity index (χ2v) is 10.2. The summed E-state index contributed by atoms with van der Waals surface area (Å²) in [5.41, 5.74) is 7.46. The van der Waals surface area contributed by atoms with Gasteiger partial charge in [0.05, 0.1) is 19.3 Å². The summed E-state index contributed by atoms with van der Waals surface area (Å²) in [7, 11) is 1.41. The Balaban J connectivity index is 1.62. The quantitative estimate of drug-likeness (QED) is 0.322. The molecule has 2 aliphatic rings. The second kappa shape index (κ2) is 11.3. The summed E-state index contributed by atoms with van der Waals surface area (Å²) in [4.78, 5) is 27.2. The van der Waals surface area contributed by atoms with Gasteiger partial charge in [0.15, 0.2) is 5.78 Å². The molecule has 0 N–H and O–H groups in total. The Labute approximate surface area is 208 Å². The predicted octanol–water partition coefficient (Wildman–Crippen LogP) is 6.13. The molecule has 1 aliphatic heterocycles. The van der Waals surface area contributed by atoms with Gasteiger partial charge in [0.2, 0.25) is 0 Å². The number of methoxy groups -OCH3 is 1. The molecule has 0 atom stereocenters. The first-order valence-electron chi connectivity index (χ1n) is 12.8. The fourth-order valence-electron chi connectivity index (χ4n) is 5.39. The zero-order chi connectivity index (χ0) is 24.9. The number of aryl methyl sites for hydroxylation is 1. The number of halogens is 1. The SMILES string of the molecule is COC(=O)c1ccc2c(c1)CCCC(CC(C)C)=C2c1ccc(C(=O)C2CN(CCCF)C2)cc1. The molecule has 0 spiro atoms. The summed E-state index contributed by atoms with van der Waals surface area (Å²) in [6.45, 7) is 6.35. The van der Waals surface area contributed by atoms with Crippen molar-refractivity contribution in [2.75, 3.05) is 33.4 Å². The number of Topliss-reactive ketones (excluding diaryl/α,β-unsaturated/α-hetero) is 1. The largest absolute Gasteiger partial charge is 0.465 e. The van der Waals surface area contributed by atoms with E-state index in [1.54, 1.807) is 0 Å². The maximum atomic E-state index is 13.0. The molecule has 5 heteroatoms. The first kappa shape index (κ1) is 25.3. The summed E-state index contributed by atoms with van der Waals surface area (Å²) in [6, 6.07) is 13.9. The lowest BCUT2D eigenvalue weighted by molar-refractivity contribution is 0.0597. The summed E-state index contributed by atoms with van der Waals surface area (Å²) in [6.07, 6.45) is 4.53. The number of benzene rings is 2. The van der Waals surface area contributed by atoms with Gasteiger partial charge in [0.1, 0.15) is 0 Å². The molecule has 0 unspecified atom stereocenters. The normalized spacial score (nSPS) is 16.6. The molecule has 0 radical (unpaired) electrons. The first-order chi connectivity index (χ1) is 16.9. The van der Waals surface area contributed by atoms with Gasteiger partial charge >= 0.3 is 5.97 Å². The van der Waals surface area contributed by atoms with Crippen LogP contribution in [0.1, 0.15) is 76.9 Å². The highest BCUT2D eigenvalue weighted by Gasteiger charge is 2.32. The van der Waals surface area contributed by atoms with Crippen LogP contribution in [0.2, 0.25) is 0 Å². The van der Waals surface area contributed by atoms with E-state index < -0.39 is 0 Å². The molecule has 4 nitrogen and oxygen atoms in total. The molecule has 1 fully saturated rings. The van der Waals surface area contributed by atoms with Crippen molar-refractivity contribution in [3.05, 3.63) is 75.9 Å². The van der Waals surface area contributed by atoms with Gasteiger partial charge in [-0.05, 0) is 72.4 Å². The number of alkyl halides is 1. The zero-order valence-electron chi connectivity index (χ0n) is 21.1. The number of carbonyl (C=O) groups is 2. The van der Waals surface area contributed by atoms with E-state index in [1.807, 2.05) is 24.3 Å². The number of ether oxygens (including phenoxy) is 1. The van der Waals surface area contributed by atoms with E-state index in [0.29, 0.717) is 17.9 Å². The number of allylic oxidation sites excluding steroid dienone is 1. The second-order valence-electron chi connectivity index (χ2n) is 10.2. The Kier molecular flexibility index (Phi) is 8.17. The number of hydrogen-bond donors (Lipinski definition) is 0. The molecule has 1 heterocycles. The molecule has 0 saturated carbocycles. The number of ketones is 1. The highest BCUT2D eigenvalue weighted by atomic mass is 19.1. The van der Waals surface area contributed by atoms with E-state index >= 15 is 0 Å². The molecule has 4 rings (SSSR count). The maximum absolute atomic E-state index is 13.0. The molecular weight excluding hydrogens is 441 g/mol. The van der Waals surface area contributed by atoms with Gasteiger partial charge in [-0.3, -0.25) is 9.18 Å². The standard InChI is InChI=1S/C30H36FNO3/c1-20(2)16-24-7-4-6-23-17-25(30(34)35-3)12-13-27(23)28(24)21-8-10-22(11-9-21)29(33)26-18-32(19-26)15-5-14-31/h8-13,17,20,26H,4-7,14-16,18-19H2,1-3H3. The van der Waals surface area contributed by atoms with Gasteiger partial charge in [-0.2, -0.15) is 0 Å². The average molecular weight is 478 g/mol. The van der Waals surface area contributed by atoms with Crippen molar-refractivity contribution in [1.29, 1.82) is 0 Å². The van der Waals surface area contributed by atoms with Crippen molar-refractivity contribution in [2.24, 2.45) is 11.8 Å². The number of rotatable bonds is 9. The van der Waals surface area contributed by atoms with Crippen LogP contribution in [0.15, 0.2) is 48.0 Å². The van der Waals surface area contributed by atoms with Gasteiger partial charge in [-0.15, -0.1) is 0 Å². The smallest absolute Gasteiger partial charge is 0.337 e. The van der Waals surface area contributed by atoms with Crippen LogP contribution in [-0.4, -0.2) is 50.1 Å². The van der Waals surface area contributed by atoms with Gasteiger partial charge in [-0.1, -0.05) is 49.8 Å². The van der Waals surface area contributed by atoms with E-state index in [4.69, 9.17) is 4.74 Å². The number of esters is 1. The number of likely N-dealkylation sites (tertiary alicyclic amines) is 1. The van der Waals surface area contributed by atoms with Crippen LogP contribution in [0, 0.1) is 11.8 Å². The predicted molar refractivity (Wildman–Crippen MR) is 137 cm³/mol. The van der Waals surface area contributed by atoms with Crippen LogP contribution < -0.4 is 0 Å². The number of nitrogens with zero attached hydrogens (tertiary/aromatic N) is 1.